The van der Waals surface area contributed by atoms with E-state index in [2.05, 4.69) is 15.0 Å². The number of nitrogens with zero attached hydrogens (tertiary/aromatic N) is 5. The molecule has 3 saturated heterocycles. The van der Waals surface area contributed by atoms with Crippen LogP contribution in [-0.2, 0) is 21.1 Å². The molecule has 2 aromatic heterocycles. The summed E-state index contributed by atoms with van der Waals surface area (Å²) in [5.41, 5.74) is 1.30. The Morgan fingerprint density at radius 2 is 2.15 bits per heavy atom. The molecular weight excluding hydrogens is 370 g/mol. The third-order valence-corrected chi connectivity index (χ3v) is 8.34. The second-order valence-corrected chi connectivity index (χ2v) is 10.1. The van der Waals surface area contributed by atoms with E-state index in [9.17, 15) is 13.5 Å². The number of rotatable bonds is 4. The van der Waals surface area contributed by atoms with E-state index < -0.39 is 15.9 Å². The minimum absolute atomic E-state index is 0.146. The molecule has 3 fully saturated rings. The fraction of sp³-hybridized carbons (Fsp3) is 0.706. The van der Waals surface area contributed by atoms with Gasteiger partial charge in [0.05, 0.1) is 36.1 Å². The maximum absolute atomic E-state index is 12.2. The van der Waals surface area contributed by atoms with Gasteiger partial charge in [-0.25, -0.2) is 23.4 Å². The quantitative estimate of drug-likeness (QED) is 0.772. The number of ether oxygens (including phenoxy) is 1. The van der Waals surface area contributed by atoms with Crippen molar-refractivity contribution in [3.8, 4) is 0 Å². The predicted octanol–water partition coefficient (Wildman–Crippen LogP) is -0.0105. The Labute approximate surface area is 157 Å². The SMILES string of the molecule is O=S1(=O)CC[C@H]2CN(c3ncnc4c3ncn4CC(O)C3CCCO3)C[C@H]21. The molecule has 2 aromatic rings. The highest BCUT2D eigenvalue weighted by Crippen LogP contribution is 2.36. The Morgan fingerprint density at radius 3 is 2.93 bits per heavy atom. The van der Waals surface area contributed by atoms with E-state index in [1.807, 2.05) is 9.47 Å². The van der Waals surface area contributed by atoms with Crippen LogP contribution in [-0.4, -0.2) is 76.0 Å². The number of hydrogen-bond acceptors (Lipinski definition) is 8. The lowest BCUT2D eigenvalue weighted by Gasteiger charge is -2.19. The highest BCUT2D eigenvalue weighted by molar-refractivity contribution is 7.92. The molecule has 0 saturated carbocycles. The van der Waals surface area contributed by atoms with E-state index in [4.69, 9.17) is 4.74 Å². The first kappa shape index (κ1) is 17.3. The van der Waals surface area contributed by atoms with Crippen molar-refractivity contribution in [2.45, 2.75) is 43.3 Å². The average molecular weight is 393 g/mol. The van der Waals surface area contributed by atoms with Crippen molar-refractivity contribution < 1.29 is 18.3 Å². The van der Waals surface area contributed by atoms with Crippen molar-refractivity contribution in [1.82, 2.24) is 19.5 Å². The number of sulfone groups is 1. The summed E-state index contributed by atoms with van der Waals surface area (Å²) < 4.78 is 31.8. The van der Waals surface area contributed by atoms with Gasteiger partial charge in [-0.2, -0.15) is 0 Å². The van der Waals surface area contributed by atoms with Gasteiger partial charge < -0.3 is 19.3 Å². The van der Waals surface area contributed by atoms with E-state index in [1.165, 1.54) is 6.33 Å². The zero-order chi connectivity index (χ0) is 18.6. The molecule has 9 nitrogen and oxygen atoms in total. The van der Waals surface area contributed by atoms with E-state index in [0.717, 1.165) is 19.3 Å². The van der Waals surface area contributed by atoms with Gasteiger partial charge in [0.2, 0.25) is 0 Å². The Hall–Kier alpha value is -1.78. The standard InChI is InChI=1S/C17H23N5O4S/c23-12(13-2-1-4-26-13)7-22-10-20-15-16(18-9-19-17(15)22)21-6-11-3-5-27(24,25)14(11)8-21/h9-14,23H,1-8H2/t11-,12?,13?,14+/m0/s1. The van der Waals surface area contributed by atoms with Gasteiger partial charge in [0.1, 0.15) is 6.33 Å². The van der Waals surface area contributed by atoms with Gasteiger partial charge in [-0.15, -0.1) is 0 Å². The predicted molar refractivity (Wildman–Crippen MR) is 98.2 cm³/mol. The first-order valence-electron chi connectivity index (χ1n) is 9.45. The molecule has 0 aromatic carbocycles. The summed E-state index contributed by atoms with van der Waals surface area (Å²) in [5.74, 6) is 1.14. The van der Waals surface area contributed by atoms with E-state index in [1.54, 1.807) is 6.33 Å². The van der Waals surface area contributed by atoms with E-state index in [-0.39, 0.29) is 17.3 Å². The fourth-order valence-electron chi connectivity index (χ4n) is 4.62. The normalized spacial score (nSPS) is 30.9. The fourth-order valence-corrected chi connectivity index (χ4v) is 6.77. The molecule has 10 heteroatoms. The maximum Gasteiger partial charge on any atom is 0.165 e. The Balaban J connectivity index is 1.41. The molecule has 0 amide bonds. The number of aromatic nitrogens is 4. The van der Waals surface area contributed by atoms with Gasteiger partial charge in [-0.3, -0.25) is 0 Å². The minimum Gasteiger partial charge on any atom is -0.389 e. The summed E-state index contributed by atoms with van der Waals surface area (Å²) in [5, 5.41) is 10.1. The zero-order valence-electron chi connectivity index (χ0n) is 14.9. The highest BCUT2D eigenvalue weighted by atomic mass is 32.2. The van der Waals surface area contributed by atoms with Crippen LogP contribution in [0.5, 0.6) is 0 Å². The van der Waals surface area contributed by atoms with Crippen molar-refractivity contribution in [2.75, 3.05) is 30.3 Å². The average Bonchev–Trinajstić information content (AvgIpc) is 3.41. The Kier molecular flexibility index (Phi) is 4.10. The molecule has 5 heterocycles. The van der Waals surface area contributed by atoms with Crippen LogP contribution in [0.1, 0.15) is 19.3 Å². The lowest BCUT2D eigenvalue weighted by Crippen LogP contribution is -2.29. The zero-order valence-corrected chi connectivity index (χ0v) is 15.8. The van der Waals surface area contributed by atoms with Crippen LogP contribution in [0.3, 0.4) is 0 Å². The van der Waals surface area contributed by atoms with Crippen LogP contribution in [0.25, 0.3) is 11.2 Å². The van der Waals surface area contributed by atoms with Crippen LogP contribution >= 0.6 is 0 Å². The largest absolute Gasteiger partial charge is 0.389 e. The summed E-state index contributed by atoms with van der Waals surface area (Å²) in [6, 6.07) is 0. The van der Waals surface area contributed by atoms with Gasteiger partial charge in [0.15, 0.2) is 26.8 Å². The molecule has 4 atom stereocenters. The third-order valence-electron chi connectivity index (χ3n) is 6.07. The van der Waals surface area contributed by atoms with Gasteiger partial charge in [-0.05, 0) is 25.2 Å². The van der Waals surface area contributed by atoms with Gasteiger partial charge in [0.25, 0.3) is 0 Å². The molecular formula is C17H23N5O4S. The van der Waals surface area contributed by atoms with Crippen molar-refractivity contribution >= 4 is 26.8 Å². The Morgan fingerprint density at radius 1 is 1.26 bits per heavy atom. The first-order chi connectivity index (χ1) is 13.0. The van der Waals surface area contributed by atoms with Gasteiger partial charge in [0, 0.05) is 19.7 Å². The number of fused-ring (bicyclic) bond motifs is 2. The molecule has 3 aliphatic heterocycles. The highest BCUT2D eigenvalue weighted by Gasteiger charge is 2.47. The van der Waals surface area contributed by atoms with Crippen molar-refractivity contribution in [2.24, 2.45) is 5.92 Å². The summed E-state index contributed by atoms with van der Waals surface area (Å²) >= 11 is 0. The number of hydrogen-bond donors (Lipinski definition) is 1. The van der Waals surface area contributed by atoms with Crippen LogP contribution in [0.2, 0.25) is 0 Å². The van der Waals surface area contributed by atoms with E-state index >= 15 is 0 Å². The van der Waals surface area contributed by atoms with E-state index in [0.29, 0.717) is 49.0 Å². The lowest BCUT2D eigenvalue weighted by molar-refractivity contribution is -0.00902. The lowest BCUT2D eigenvalue weighted by atomic mass is 10.1. The molecule has 1 N–H and O–H groups in total. The molecule has 2 unspecified atom stereocenters. The summed E-state index contributed by atoms with van der Waals surface area (Å²) in [6.45, 7) is 2.20. The first-order valence-corrected chi connectivity index (χ1v) is 11.2. The second-order valence-electron chi connectivity index (χ2n) is 7.74. The summed E-state index contributed by atoms with van der Waals surface area (Å²) in [7, 11) is -3.00. The molecule has 5 rings (SSSR count). The van der Waals surface area contributed by atoms with Crippen LogP contribution in [0, 0.1) is 5.92 Å². The van der Waals surface area contributed by atoms with Gasteiger partial charge >= 0.3 is 0 Å². The van der Waals surface area contributed by atoms with Crippen LogP contribution in [0.15, 0.2) is 12.7 Å². The monoisotopic (exact) mass is 393 g/mol. The molecule has 0 bridgehead atoms. The minimum atomic E-state index is -3.00. The number of imidazole rings is 1. The summed E-state index contributed by atoms with van der Waals surface area (Å²) in [4.78, 5) is 15.2. The summed E-state index contributed by atoms with van der Waals surface area (Å²) in [6.07, 6.45) is 4.94. The number of aliphatic hydroxyl groups excluding tert-OH is 1. The molecule has 146 valence electrons. The third kappa shape index (κ3) is 2.90. The maximum atomic E-state index is 12.2. The molecule has 3 aliphatic rings. The molecule has 0 radical (unpaired) electrons. The molecule has 27 heavy (non-hydrogen) atoms. The van der Waals surface area contributed by atoms with Crippen molar-refractivity contribution in [1.29, 1.82) is 0 Å². The second kappa shape index (κ2) is 6.39. The van der Waals surface area contributed by atoms with Crippen LogP contribution in [0.4, 0.5) is 5.82 Å². The van der Waals surface area contributed by atoms with Gasteiger partial charge in [-0.1, -0.05) is 0 Å². The molecule has 0 spiro atoms. The smallest absolute Gasteiger partial charge is 0.165 e. The topological polar surface area (TPSA) is 110 Å². The van der Waals surface area contributed by atoms with Crippen molar-refractivity contribution in [3.05, 3.63) is 12.7 Å². The molecule has 0 aliphatic carbocycles. The number of aliphatic hydroxyl groups is 1. The Bertz CT molecular complexity index is 955. The van der Waals surface area contributed by atoms with Crippen LogP contribution < -0.4 is 4.90 Å². The number of anilines is 1. The van der Waals surface area contributed by atoms with Crippen molar-refractivity contribution in [3.63, 3.8) is 0 Å².